The van der Waals surface area contributed by atoms with E-state index in [1.807, 2.05) is 0 Å². The molecular formula is C4H2N6O. The van der Waals surface area contributed by atoms with Crippen LogP contribution in [0, 0.1) is 0 Å². The Labute approximate surface area is 60.4 Å². The maximum atomic E-state index is 4.35. The molecule has 0 saturated carbocycles. The van der Waals surface area contributed by atoms with Crippen molar-refractivity contribution in [2.45, 2.75) is 0 Å². The Bertz CT molecular complexity index is 318. The summed E-state index contributed by atoms with van der Waals surface area (Å²) in [6.45, 7) is 0. The Balaban J connectivity index is 2.46. The lowest BCUT2D eigenvalue weighted by Crippen LogP contribution is -1.92. The van der Waals surface area contributed by atoms with E-state index >= 15 is 0 Å². The van der Waals surface area contributed by atoms with Gasteiger partial charge in [0.15, 0.2) is 5.69 Å². The summed E-state index contributed by atoms with van der Waals surface area (Å²) in [4.78, 5) is 0. The predicted octanol–water partition coefficient (Wildman–Crippen LogP) is -0.683. The second-order valence-corrected chi connectivity index (χ2v) is 1.70. The average Bonchev–Trinajstić information content (AvgIpc) is 2.58. The van der Waals surface area contributed by atoms with E-state index in [0.29, 0.717) is 11.4 Å². The molecular weight excluding hydrogens is 148 g/mol. The van der Waals surface area contributed by atoms with Gasteiger partial charge < -0.3 is 0 Å². The van der Waals surface area contributed by atoms with E-state index < -0.39 is 0 Å². The van der Waals surface area contributed by atoms with Crippen molar-refractivity contribution in [3.8, 4) is 11.4 Å². The minimum absolute atomic E-state index is 0.487. The molecule has 0 aliphatic rings. The fourth-order valence-electron chi connectivity index (χ4n) is 0.592. The molecule has 2 heterocycles. The molecule has 11 heavy (non-hydrogen) atoms. The van der Waals surface area contributed by atoms with E-state index in [1.54, 1.807) is 0 Å². The fraction of sp³-hybridized carbons (Fsp3) is 0. The van der Waals surface area contributed by atoms with Crippen molar-refractivity contribution in [3.63, 3.8) is 0 Å². The molecule has 0 aliphatic carbocycles. The third kappa shape index (κ3) is 1.02. The third-order valence-electron chi connectivity index (χ3n) is 1.05. The molecule has 54 valence electrons. The highest BCUT2D eigenvalue weighted by molar-refractivity contribution is 5.48. The van der Waals surface area contributed by atoms with Gasteiger partial charge >= 0.3 is 0 Å². The molecule has 0 spiro atoms. The fourth-order valence-corrected chi connectivity index (χ4v) is 0.592. The molecule has 0 saturated heterocycles. The lowest BCUT2D eigenvalue weighted by Gasteiger charge is -1.85. The topological polar surface area (TPSA) is 90.5 Å². The number of hydrogen-bond donors (Lipinski definition) is 0. The monoisotopic (exact) mass is 150 g/mol. The van der Waals surface area contributed by atoms with Crippen molar-refractivity contribution < 1.29 is 4.63 Å². The predicted molar refractivity (Wildman–Crippen MR) is 30.9 cm³/mol. The van der Waals surface area contributed by atoms with Crippen LogP contribution < -0.4 is 0 Å². The Morgan fingerprint density at radius 2 is 2.09 bits per heavy atom. The largest absolute Gasteiger partial charge is 0.244 e. The molecule has 7 nitrogen and oxygen atoms in total. The molecule has 0 bridgehead atoms. The molecule has 0 aliphatic heterocycles. The summed E-state index contributed by atoms with van der Waals surface area (Å²) in [5.41, 5.74) is 0.980. The Hall–Kier alpha value is -1.92. The van der Waals surface area contributed by atoms with Crippen LogP contribution in [0.25, 0.3) is 11.4 Å². The van der Waals surface area contributed by atoms with Crippen LogP contribution in [-0.2, 0) is 0 Å². The van der Waals surface area contributed by atoms with Gasteiger partial charge in [0.2, 0.25) is 0 Å². The average molecular weight is 150 g/mol. The highest BCUT2D eigenvalue weighted by Crippen LogP contribution is 2.07. The summed E-state index contributed by atoms with van der Waals surface area (Å²) >= 11 is 0. The maximum absolute atomic E-state index is 4.35. The number of aromatic nitrogens is 6. The molecule has 0 unspecified atom stereocenters. The number of nitrogens with zero attached hydrogens (tertiary/aromatic N) is 6. The second kappa shape index (κ2) is 2.37. The van der Waals surface area contributed by atoms with Gasteiger partial charge in [-0.25, -0.2) is 4.63 Å². The van der Waals surface area contributed by atoms with E-state index in [0.717, 1.165) is 0 Å². The van der Waals surface area contributed by atoms with Gasteiger partial charge in [-0.2, -0.15) is 0 Å². The first-order valence-electron chi connectivity index (χ1n) is 2.76. The van der Waals surface area contributed by atoms with Gasteiger partial charge in [0, 0.05) is 0 Å². The van der Waals surface area contributed by atoms with Gasteiger partial charge in [-0.15, -0.1) is 10.2 Å². The molecule has 0 atom stereocenters. The van der Waals surface area contributed by atoms with Gasteiger partial charge in [-0.05, 0) is 15.6 Å². The Morgan fingerprint density at radius 3 is 2.73 bits per heavy atom. The van der Waals surface area contributed by atoms with Crippen LogP contribution in [0.5, 0.6) is 0 Å². The highest BCUT2D eigenvalue weighted by atomic mass is 16.6. The van der Waals surface area contributed by atoms with Gasteiger partial charge in [0.05, 0.1) is 6.20 Å². The number of rotatable bonds is 1. The lowest BCUT2D eigenvalue weighted by atomic mass is 10.4. The molecule has 0 aromatic carbocycles. The first kappa shape index (κ1) is 5.83. The minimum atomic E-state index is 0.487. The summed E-state index contributed by atoms with van der Waals surface area (Å²) in [6, 6.07) is 0. The summed E-state index contributed by atoms with van der Waals surface area (Å²) in [6.07, 6.45) is 2.85. The van der Waals surface area contributed by atoms with E-state index in [1.165, 1.54) is 12.4 Å². The molecule has 0 N–H and O–H groups in total. The van der Waals surface area contributed by atoms with Crippen LogP contribution in [0.15, 0.2) is 17.0 Å². The zero-order valence-electron chi connectivity index (χ0n) is 5.25. The Kier molecular flexibility index (Phi) is 1.26. The van der Waals surface area contributed by atoms with Crippen LogP contribution in [-0.4, -0.2) is 30.9 Å². The van der Waals surface area contributed by atoms with Crippen molar-refractivity contribution in [1.82, 2.24) is 30.9 Å². The van der Waals surface area contributed by atoms with Crippen LogP contribution in [0.1, 0.15) is 0 Å². The summed E-state index contributed by atoms with van der Waals surface area (Å²) in [7, 11) is 0. The summed E-state index contributed by atoms with van der Waals surface area (Å²) in [5, 5.41) is 20.7. The molecule has 0 amide bonds. The van der Waals surface area contributed by atoms with E-state index in [-0.39, 0.29) is 0 Å². The Morgan fingerprint density at radius 1 is 1.09 bits per heavy atom. The van der Waals surface area contributed by atoms with Crippen molar-refractivity contribution in [2.75, 3.05) is 0 Å². The molecule has 2 aromatic heterocycles. The molecule has 7 heteroatoms. The van der Waals surface area contributed by atoms with Crippen molar-refractivity contribution in [2.24, 2.45) is 0 Å². The van der Waals surface area contributed by atoms with E-state index in [4.69, 9.17) is 0 Å². The smallest absolute Gasteiger partial charge is 0.157 e. The maximum Gasteiger partial charge on any atom is 0.157 e. The third-order valence-corrected chi connectivity index (χ3v) is 1.05. The van der Waals surface area contributed by atoms with Crippen LogP contribution in [0.3, 0.4) is 0 Å². The second-order valence-electron chi connectivity index (χ2n) is 1.70. The quantitative estimate of drug-likeness (QED) is 0.531. The zero-order chi connectivity index (χ0) is 7.52. The molecule has 2 aromatic rings. The van der Waals surface area contributed by atoms with Crippen LogP contribution in [0.2, 0.25) is 0 Å². The normalized spacial score (nSPS) is 9.82. The van der Waals surface area contributed by atoms with Gasteiger partial charge in [-0.1, -0.05) is 5.16 Å². The van der Waals surface area contributed by atoms with E-state index in [9.17, 15) is 0 Å². The van der Waals surface area contributed by atoms with Crippen molar-refractivity contribution >= 4 is 0 Å². The molecule has 0 radical (unpaired) electrons. The van der Waals surface area contributed by atoms with Gasteiger partial charge in [0.1, 0.15) is 11.9 Å². The van der Waals surface area contributed by atoms with Crippen LogP contribution in [0.4, 0.5) is 0 Å². The minimum Gasteiger partial charge on any atom is -0.244 e. The first-order valence-corrected chi connectivity index (χ1v) is 2.76. The first-order chi connectivity index (χ1) is 5.47. The van der Waals surface area contributed by atoms with Crippen LogP contribution >= 0.6 is 0 Å². The van der Waals surface area contributed by atoms with Gasteiger partial charge in [-0.3, -0.25) is 0 Å². The molecule has 0 fully saturated rings. The lowest BCUT2D eigenvalue weighted by molar-refractivity contribution is 0.308. The zero-order valence-corrected chi connectivity index (χ0v) is 5.25. The summed E-state index contributed by atoms with van der Waals surface area (Å²) in [5.74, 6) is 0. The number of hydrogen-bond acceptors (Lipinski definition) is 7. The molecule has 2 rings (SSSR count). The van der Waals surface area contributed by atoms with Gasteiger partial charge in [0.25, 0.3) is 0 Å². The van der Waals surface area contributed by atoms with Crippen molar-refractivity contribution in [1.29, 1.82) is 0 Å². The summed E-state index contributed by atoms with van der Waals surface area (Å²) < 4.78 is 4.35. The standard InChI is InChI=1S/C4H2N6O/c1-3(7-10-9-5-1)4-2-6-11-8-4/h1-2H. The highest BCUT2D eigenvalue weighted by Gasteiger charge is 2.02. The van der Waals surface area contributed by atoms with E-state index in [2.05, 4.69) is 35.6 Å². The van der Waals surface area contributed by atoms with Crippen molar-refractivity contribution in [3.05, 3.63) is 12.4 Å². The SMILES string of the molecule is c1nnnnc1-c1cnon1.